The molecule has 0 atom stereocenters. The lowest BCUT2D eigenvalue weighted by atomic mass is 10.0. The summed E-state index contributed by atoms with van der Waals surface area (Å²) in [6.45, 7) is 6.12. The maximum absolute atomic E-state index is 13.7. The van der Waals surface area contributed by atoms with Crippen LogP contribution in [0.1, 0.15) is 30.7 Å². The smallest absolute Gasteiger partial charge is 0.282 e. The van der Waals surface area contributed by atoms with Gasteiger partial charge in [0.15, 0.2) is 0 Å². The van der Waals surface area contributed by atoms with Crippen molar-refractivity contribution in [2.45, 2.75) is 27.2 Å². The number of aromatic nitrogens is 2. The molecule has 1 N–H and O–H groups in total. The molecule has 0 radical (unpaired) electrons. The van der Waals surface area contributed by atoms with Crippen LogP contribution in [0, 0.1) is 6.92 Å². The number of anilines is 1. The number of H-pyrrole nitrogens is 1. The first kappa shape index (κ1) is 23.9. The summed E-state index contributed by atoms with van der Waals surface area (Å²) in [4.78, 5) is 43.8. The van der Waals surface area contributed by atoms with Gasteiger partial charge < -0.3 is 4.90 Å². The highest BCUT2D eigenvalue weighted by molar-refractivity contribution is 6.45. The van der Waals surface area contributed by atoms with Crippen LogP contribution in [-0.2, 0) is 16.0 Å². The monoisotopic (exact) mass is 498 g/mol. The number of likely N-dealkylation sites (N-methyl/N-ethyl adjacent to an activating group) is 1. The highest BCUT2D eigenvalue weighted by Crippen LogP contribution is 2.35. The number of carbonyl (C=O) groups excluding carboxylic acids is 2. The number of nitrogens with one attached hydrogen (secondary N) is 1. The largest absolute Gasteiger partial charge is 0.370 e. The van der Waals surface area contributed by atoms with Crippen molar-refractivity contribution < 1.29 is 9.59 Å². The molecule has 2 amide bonds. The van der Waals surface area contributed by atoms with E-state index >= 15 is 0 Å². The van der Waals surface area contributed by atoms with Gasteiger partial charge in [-0.1, -0.05) is 42.3 Å². The maximum atomic E-state index is 13.7. The Bertz CT molecular complexity index is 1400. The summed E-state index contributed by atoms with van der Waals surface area (Å²) in [5, 5.41) is 3.74. The molecule has 1 aromatic heterocycles. The first-order chi connectivity index (χ1) is 16.2. The van der Waals surface area contributed by atoms with Gasteiger partial charge >= 0.3 is 0 Å². The Morgan fingerprint density at radius 3 is 2.29 bits per heavy atom. The number of amides is 2. The second kappa shape index (κ2) is 9.16. The van der Waals surface area contributed by atoms with Gasteiger partial charge in [0.1, 0.15) is 5.70 Å². The van der Waals surface area contributed by atoms with Crippen LogP contribution >= 0.6 is 23.2 Å². The second-order valence-electron chi connectivity index (χ2n) is 8.08. The van der Waals surface area contributed by atoms with Crippen LogP contribution in [0.2, 0.25) is 10.0 Å². The van der Waals surface area contributed by atoms with Crippen LogP contribution in [0.25, 0.3) is 11.3 Å². The first-order valence-corrected chi connectivity index (χ1v) is 11.7. The molecule has 0 bridgehead atoms. The standard InChI is InChI=1S/C25H24Cl2N4O3/c1-5-19-20(24(33)31(28-19)16-10-11-17(26)18(27)13-16)21-22(29(4)6-2)25(34)30(23(21)32)15-9-7-8-14(3)12-15/h7-13,28H,5-6H2,1-4H3. The van der Waals surface area contributed by atoms with Gasteiger partial charge in [-0.25, -0.2) is 9.58 Å². The van der Waals surface area contributed by atoms with Gasteiger partial charge in [-0.3, -0.25) is 19.5 Å². The average molecular weight is 499 g/mol. The zero-order valence-corrected chi connectivity index (χ0v) is 20.8. The normalized spacial score (nSPS) is 13.9. The van der Waals surface area contributed by atoms with E-state index in [0.29, 0.717) is 40.1 Å². The molecule has 1 aliphatic rings. The summed E-state index contributed by atoms with van der Waals surface area (Å²) < 4.78 is 1.32. The number of hydrogen-bond donors (Lipinski definition) is 1. The number of hydrogen-bond acceptors (Lipinski definition) is 4. The molecular formula is C25H24Cl2N4O3. The van der Waals surface area contributed by atoms with Gasteiger partial charge in [0, 0.05) is 19.3 Å². The summed E-state index contributed by atoms with van der Waals surface area (Å²) in [6, 6.07) is 12.0. The third-order valence-electron chi connectivity index (χ3n) is 5.91. The van der Waals surface area contributed by atoms with Crippen LogP contribution in [0.4, 0.5) is 5.69 Å². The van der Waals surface area contributed by atoms with Crippen LogP contribution in [0.15, 0.2) is 53.0 Å². The fourth-order valence-electron chi connectivity index (χ4n) is 4.06. The number of carbonyl (C=O) groups is 2. The molecule has 3 aromatic rings. The molecule has 4 rings (SSSR count). The highest BCUT2D eigenvalue weighted by atomic mass is 35.5. The second-order valence-corrected chi connectivity index (χ2v) is 8.89. The molecule has 1 aliphatic heterocycles. The number of imide groups is 1. The number of aryl methyl sites for hydroxylation is 2. The minimum atomic E-state index is -0.530. The third kappa shape index (κ3) is 3.85. The van der Waals surface area contributed by atoms with Crippen molar-refractivity contribution in [2.24, 2.45) is 0 Å². The molecule has 7 nitrogen and oxygen atoms in total. The minimum Gasteiger partial charge on any atom is -0.370 e. The van der Waals surface area contributed by atoms with Crippen molar-refractivity contribution in [1.29, 1.82) is 0 Å². The molecule has 2 aromatic carbocycles. The minimum absolute atomic E-state index is 0.0905. The van der Waals surface area contributed by atoms with Crippen molar-refractivity contribution >= 4 is 46.3 Å². The predicted molar refractivity (Wildman–Crippen MR) is 135 cm³/mol. The van der Waals surface area contributed by atoms with Crippen LogP contribution < -0.4 is 10.5 Å². The fraction of sp³-hybridized carbons (Fsp3) is 0.240. The molecular weight excluding hydrogens is 475 g/mol. The molecule has 0 fully saturated rings. The van der Waals surface area contributed by atoms with E-state index in [-0.39, 0.29) is 16.8 Å². The zero-order chi connectivity index (χ0) is 24.7. The number of rotatable bonds is 6. The predicted octanol–water partition coefficient (Wildman–Crippen LogP) is 4.58. The van der Waals surface area contributed by atoms with Crippen molar-refractivity contribution in [3.05, 3.63) is 85.4 Å². The molecule has 34 heavy (non-hydrogen) atoms. The quantitative estimate of drug-likeness (QED) is 0.504. The SMILES string of the molecule is CCc1[nH]n(-c2ccc(Cl)c(Cl)c2)c(=O)c1C1=C(N(C)CC)C(=O)N(c2cccc(C)c2)C1=O. The topological polar surface area (TPSA) is 78.4 Å². The lowest BCUT2D eigenvalue weighted by Crippen LogP contribution is -2.34. The summed E-state index contributed by atoms with van der Waals surface area (Å²) in [5.41, 5.74) is 2.41. The summed E-state index contributed by atoms with van der Waals surface area (Å²) in [5.74, 6) is -0.989. The Labute approximate surface area is 207 Å². The Hall–Kier alpha value is -3.29. The molecule has 176 valence electrons. The first-order valence-electron chi connectivity index (χ1n) is 10.9. The summed E-state index contributed by atoms with van der Waals surface area (Å²) in [6.07, 6.45) is 0.442. The number of halogens is 2. The summed E-state index contributed by atoms with van der Waals surface area (Å²) >= 11 is 12.2. The Kier molecular flexibility index (Phi) is 6.43. The number of aromatic amines is 1. The van der Waals surface area contributed by atoms with Crippen LogP contribution in [0.5, 0.6) is 0 Å². The lowest BCUT2D eigenvalue weighted by molar-refractivity contribution is -0.120. The van der Waals surface area contributed by atoms with Gasteiger partial charge in [0.2, 0.25) is 0 Å². The van der Waals surface area contributed by atoms with E-state index in [9.17, 15) is 14.4 Å². The van der Waals surface area contributed by atoms with Crippen molar-refractivity contribution in [3.63, 3.8) is 0 Å². The van der Waals surface area contributed by atoms with Crippen molar-refractivity contribution in [1.82, 2.24) is 14.7 Å². The molecule has 0 saturated heterocycles. The molecule has 0 spiro atoms. The van der Waals surface area contributed by atoms with E-state index in [4.69, 9.17) is 23.2 Å². The molecule has 0 saturated carbocycles. The Morgan fingerprint density at radius 1 is 0.941 bits per heavy atom. The molecule has 0 aliphatic carbocycles. The van der Waals surface area contributed by atoms with Gasteiger partial charge in [-0.05, 0) is 56.2 Å². The Balaban J connectivity index is 1.95. The highest BCUT2D eigenvalue weighted by Gasteiger charge is 2.43. The lowest BCUT2D eigenvalue weighted by Gasteiger charge is -2.19. The molecule has 0 unspecified atom stereocenters. The zero-order valence-electron chi connectivity index (χ0n) is 19.3. The summed E-state index contributed by atoms with van der Waals surface area (Å²) in [7, 11) is 1.73. The van der Waals surface area contributed by atoms with Gasteiger partial charge in [0.25, 0.3) is 17.4 Å². The Morgan fingerprint density at radius 2 is 1.68 bits per heavy atom. The number of benzene rings is 2. The van der Waals surface area contributed by atoms with Gasteiger partial charge in [-0.2, -0.15) is 0 Å². The average Bonchev–Trinajstić information content (AvgIpc) is 3.27. The van der Waals surface area contributed by atoms with Gasteiger partial charge in [0.05, 0.1) is 32.6 Å². The van der Waals surface area contributed by atoms with E-state index in [1.54, 1.807) is 48.3 Å². The van der Waals surface area contributed by atoms with Crippen LogP contribution in [-0.4, -0.2) is 40.1 Å². The molecule has 9 heteroatoms. The van der Waals surface area contributed by atoms with Crippen molar-refractivity contribution in [3.8, 4) is 5.69 Å². The number of nitrogens with zero attached hydrogens (tertiary/aromatic N) is 3. The van der Waals surface area contributed by atoms with Crippen molar-refractivity contribution in [2.75, 3.05) is 18.5 Å². The van der Waals surface area contributed by atoms with E-state index in [0.717, 1.165) is 10.5 Å². The van der Waals surface area contributed by atoms with E-state index in [1.165, 1.54) is 4.68 Å². The fourth-order valence-corrected chi connectivity index (χ4v) is 4.35. The van der Waals surface area contributed by atoms with Crippen LogP contribution in [0.3, 0.4) is 0 Å². The van der Waals surface area contributed by atoms with E-state index in [2.05, 4.69) is 5.10 Å². The van der Waals surface area contributed by atoms with E-state index in [1.807, 2.05) is 26.8 Å². The molecule has 2 heterocycles. The van der Waals surface area contributed by atoms with E-state index < -0.39 is 17.4 Å². The van der Waals surface area contributed by atoms with Gasteiger partial charge in [-0.15, -0.1) is 0 Å². The maximum Gasteiger partial charge on any atom is 0.282 e. The third-order valence-corrected chi connectivity index (χ3v) is 6.64.